The van der Waals surface area contributed by atoms with Crippen molar-refractivity contribution in [2.24, 2.45) is 5.41 Å². The summed E-state index contributed by atoms with van der Waals surface area (Å²) in [6.45, 7) is 8.20. The zero-order valence-corrected chi connectivity index (χ0v) is 14.4. The number of benzene rings is 1. The third-order valence-electron chi connectivity index (χ3n) is 3.14. The van der Waals surface area contributed by atoms with Gasteiger partial charge in [-0.1, -0.05) is 20.8 Å². The first-order valence-corrected chi connectivity index (χ1v) is 8.67. The predicted molar refractivity (Wildman–Crippen MR) is 85.8 cm³/mol. The van der Waals surface area contributed by atoms with E-state index in [0.29, 0.717) is 24.1 Å². The van der Waals surface area contributed by atoms with Crippen molar-refractivity contribution in [3.8, 4) is 6.07 Å². The van der Waals surface area contributed by atoms with E-state index in [1.165, 1.54) is 16.4 Å². The minimum atomic E-state index is -3.65. The van der Waals surface area contributed by atoms with Crippen LogP contribution in [0.5, 0.6) is 0 Å². The zero-order chi connectivity index (χ0) is 17.0. The monoisotopic (exact) mass is 324 g/mol. The highest BCUT2D eigenvalue weighted by Crippen LogP contribution is 2.25. The van der Waals surface area contributed by atoms with E-state index in [0.717, 1.165) is 0 Å². The Morgan fingerprint density at radius 2 is 1.95 bits per heavy atom. The van der Waals surface area contributed by atoms with Crippen LogP contribution in [0.15, 0.2) is 23.1 Å². The maximum absolute atomic E-state index is 12.9. The van der Waals surface area contributed by atoms with Gasteiger partial charge < -0.3 is 5.11 Å². The number of hydrogen-bond donors (Lipinski definition) is 1. The Morgan fingerprint density at radius 3 is 2.41 bits per heavy atom. The van der Waals surface area contributed by atoms with Gasteiger partial charge in [0.05, 0.1) is 16.5 Å². The molecule has 0 bridgehead atoms. The highest BCUT2D eigenvalue weighted by atomic mass is 32.2. The standard InChI is InChI=1S/C16H24N2O3S/c1-13-10-14(11-17)6-7-15(13)22(20,21)18(8-5-9-19)12-16(2,3)4/h6-7,10,19H,5,8-9,12H2,1-4H3. The summed E-state index contributed by atoms with van der Waals surface area (Å²) in [5, 5.41) is 17.9. The van der Waals surface area contributed by atoms with Gasteiger partial charge in [0, 0.05) is 19.7 Å². The molecule has 1 aromatic rings. The Balaban J connectivity index is 3.24. The number of aliphatic hydroxyl groups excluding tert-OH is 1. The number of aliphatic hydroxyl groups is 1. The summed E-state index contributed by atoms with van der Waals surface area (Å²) in [4.78, 5) is 0.216. The first-order chi connectivity index (χ1) is 10.1. The number of nitrogens with zero attached hydrogens (tertiary/aromatic N) is 2. The van der Waals surface area contributed by atoms with Crippen LogP contribution >= 0.6 is 0 Å². The summed E-state index contributed by atoms with van der Waals surface area (Å²) >= 11 is 0. The number of rotatable bonds is 6. The minimum Gasteiger partial charge on any atom is -0.396 e. The van der Waals surface area contributed by atoms with Crippen molar-refractivity contribution in [3.05, 3.63) is 29.3 Å². The first kappa shape index (κ1) is 18.6. The fraction of sp³-hybridized carbons (Fsp3) is 0.562. The number of sulfonamides is 1. The van der Waals surface area contributed by atoms with Gasteiger partial charge in [-0.3, -0.25) is 0 Å². The van der Waals surface area contributed by atoms with E-state index in [1.54, 1.807) is 13.0 Å². The van der Waals surface area contributed by atoms with Gasteiger partial charge in [0.15, 0.2) is 0 Å². The molecule has 1 aromatic carbocycles. The summed E-state index contributed by atoms with van der Waals surface area (Å²) in [5.41, 5.74) is 0.805. The Morgan fingerprint density at radius 1 is 1.32 bits per heavy atom. The lowest BCUT2D eigenvalue weighted by molar-refractivity contribution is 0.241. The fourth-order valence-corrected chi connectivity index (χ4v) is 4.12. The van der Waals surface area contributed by atoms with Gasteiger partial charge in [-0.2, -0.15) is 9.57 Å². The average molecular weight is 324 g/mol. The molecule has 1 rings (SSSR count). The summed E-state index contributed by atoms with van der Waals surface area (Å²) < 4.78 is 27.2. The second kappa shape index (κ2) is 7.23. The molecule has 0 spiro atoms. The van der Waals surface area contributed by atoms with E-state index >= 15 is 0 Å². The molecule has 122 valence electrons. The van der Waals surface area contributed by atoms with Crippen LogP contribution in [0.1, 0.15) is 38.3 Å². The van der Waals surface area contributed by atoms with Crippen molar-refractivity contribution in [1.29, 1.82) is 5.26 Å². The molecule has 0 aliphatic carbocycles. The molecule has 6 heteroatoms. The zero-order valence-electron chi connectivity index (χ0n) is 13.6. The fourth-order valence-electron chi connectivity index (χ4n) is 2.21. The van der Waals surface area contributed by atoms with Gasteiger partial charge in [0.25, 0.3) is 0 Å². The Hall–Kier alpha value is -1.42. The normalized spacial score (nSPS) is 12.4. The van der Waals surface area contributed by atoms with Crippen LogP contribution in [0.2, 0.25) is 0 Å². The lowest BCUT2D eigenvalue weighted by Gasteiger charge is -2.29. The molecule has 0 aliphatic rings. The molecule has 1 N–H and O–H groups in total. The molecule has 0 heterocycles. The van der Waals surface area contributed by atoms with E-state index in [2.05, 4.69) is 0 Å². The van der Waals surface area contributed by atoms with Gasteiger partial charge in [-0.05, 0) is 42.5 Å². The lowest BCUT2D eigenvalue weighted by Crippen LogP contribution is -2.39. The maximum atomic E-state index is 12.9. The molecule has 5 nitrogen and oxygen atoms in total. The van der Waals surface area contributed by atoms with E-state index in [-0.39, 0.29) is 23.5 Å². The molecule has 0 aromatic heterocycles. The second-order valence-electron chi connectivity index (χ2n) is 6.57. The largest absolute Gasteiger partial charge is 0.396 e. The van der Waals surface area contributed by atoms with Crippen LogP contribution in [0.4, 0.5) is 0 Å². The smallest absolute Gasteiger partial charge is 0.243 e. The van der Waals surface area contributed by atoms with Gasteiger partial charge in [-0.25, -0.2) is 8.42 Å². The van der Waals surface area contributed by atoms with Crippen molar-refractivity contribution in [2.45, 2.75) is 39.0 Å². The van der Waals surface area contributed by atoms with Crippen molar-refractivity contribution in [3.63, 3.8) is 0 Å². The van der Waals surface area contributed by atoms with Crippen LogP contribution in [0.25, 0.3) is 0 Å². The van der Waals surface area contributed by atoms with Gasteiger partial charge in [0.1, 0.15) is 0 Å². The van der Waals surface area contributed by atoms with Crippen LogP contribution in [0, 0.1) is 23.7 Å². The quantitative estimate of drug-likeness (QED) is 0.870. The Bertz CT molecular complexity index is 655. The molecule has 0 saturated carbocycles. The Labute approximate surface area is 133 Å². The number of nitriles is 1. The molecule has 0 aliphatic heterocycles. The summed E-state index contributed by atoms with van der Waals surface area (Å²) in [5.74, 6) is 0. The molecular formula is C16H24N2O3S. The van der Waals surface area contributed by atoms with E-state index in [9.17, 15) is 8.42 Å². The topological polar surface area (TPSA) is 81.4 Å². The first-order valence-electron chi connectivity index (χ1n) is 7.23. The molecule has 0 unspecified atom stereocenters. The van der Waals surface area contributed by atoms with Gasteiger partial charge in [-0.15, -0.1) is 0 Å². The highest BCUT2D eigenvalue weighted by Gasteiger charge is 2.29. The van der Waals surface area contributed by atoms with Crippen molar-refractivity contribution >= 4 is 10.0 Å². The predicted octanol–water partition coefficient (Wildman–Crippen LogP) is 2.29. The van der Waals surface area contributed by atoms with Crippen LogP contribution in [-0.2, 0) is 10.0 Å². The van der Waals surface area contributed by atoms with Crippen molar-refractivity contribution < 1.29 is 13.5 Å². The maximum Gasteiger partial charge on any atom is 0.243 e. The Kier molecular flexibility index (Phi) is 6.12. The molecule has 0 fully saturated rings. The SMILES string of the molecule is Cc1cc(C#N)ccc1S(=O)(=O)N(CCCO)CC(C)(C)C. The van der Waals surface area contributed by atoms with E-state index < -0.39 is 10.0 Å². The summed E-state index contributed by atoms with van der Waals surface area (Å²) in [7, 11) is -3.65. The second-order valence-corrected chi connectivity index (χ2v) is 8.47. The highest BCUT2D eigenvalue weighted by molar-refractivity contribution is 7.89. The third kappa shape index (κ3) is 4.80. The molecule has 0 amide bonds. The minimum absolute atomic E-state index is 0.0531. The van der Waals surface area contributed by atoms with Crippen LogP contribution in [-0.4, -0.2) is 37.5 Å². The molecule has 0 radical (unpaired) electrons. The van der Waals surface area contributed by atoms with Crippen molar-refractivity contribution in [1.82, 2.24) is 4.31 Å². The summed E-state index contributed by atoms with van der Waals surface area (Å²) in [6.07, 6.45) is 0.393. The van der Waals surface area contributed by atoms with E-state index in [4.69, 9.17) is 10.4 Å². The van der Waals surface area contributed by atoms with Crippen LogP contribution in [0.3, 0.4) is 0 Å². The third-order valence-corrected chi connectivity index (χ3v) is 5.14. The van der Waals surface area contributed by atoms with Gasteiger partial charge >= 0.3 is 0 Å². The summed E-state index contributed by atoms with van der Waals surface area (Å²) in [6, 6.07) is 6.58. The molecule has 22 heavy (non-hydrogen) atoms. The number of aryl methyl sites for hydroxylation is 1. The van der Waals surface area contributed by atoms with Crippen molar-refractivity contribution in [2.75, 3.05) is 19.7 Å². The van der Waals surface area contributed by atoms with Crippen LogP contribution < -0.4 is 0 Å². The number of hydrogen-bond acceptors (Lipinski definition) is 4. The molecule has 0 saturated heterocycles. The lowest BCUT2D eigenvalue weighted by atomic mass is 9.97. The molecular weight excluding hydrogens is 300 g/mol. The average Bonchev–Trinajstić information content (AvgIpc) is 2.41. The van der Waals surface area contributed by atoms with Gasteiger partial charge in [0.2, 0.25) is 10.0 Å². The molecule has 0 atom stereocenters. The van der Waals surface area contributed by atoms with E-state index in [1.807, 2.05) is 26.8 Å².